The van der Waals surface area contributed by atoms with Crippen molar-refractivity contribution in [3.05, 3.63) is 64.8 Å². The summed E-state index contributed by atoms with van der Waals surface area (Å²) in [6, 6.07) is 13.6. The molecule has 0 radical (unpaired) electrons. The Kier molecular flexibility index (Phi) is 5.72. The Morgan fingerprint density at radius 3 is 2.96 bits per heavy atom. The number of H-pyrrole nitrogens is 1. The quantitative estimate of drug-likeness (QED) is 0.589. The van der Waals surface area contributed by atoms with Crippen molar-refractivity contribution in [3.8, 4) is 5.75 Å². The van der Waals surface area contributed by atoms with Gasteiger partial charge in [0.25, 0.3) is 0 Å². The number of halogens is 2. The molecule has 3 aromatic rings. The van der Waals surface area contributed by atoms with E-state index >= 15 is 0 Å². The van der Waals surface area contributed by atoms with Gasteiger partial charge in [-0.05, 0) is 48.4 Å². The molecule has 1 heterocycles. The van der Waals surface area contributed by atoms with Crippen LogP contribution in [-0.2, 0) is 13.0 Å². The number of aromatic amines is 1. The van der Waals surface area contributed by atoms with Gasteiger partial charge in [-0.15, -0.1) is 0 Å². The van der Waals surface area contributed by atoms with Crippen molar-refractivity contribution in [2.24, 2.45) is 0 Å². The van der Waals surface area contributed by atoms with Crippen LogP contribution in [0.15, 0.2) is 48.7 Å². The predicted molar refractivity (Wildman–Crippen MR) is 96.6 cm³/mol. The molecule has 0 saturated carbocycles. The third-order valence-electron chi connectivity index (χ3n) is 3.87. The van der Waals surface area contributed by atoms with Crippen molar-refractivity contribution >= 4 is 22.5 Å². The summed E-state index contributed by atoms with van der Waals surface area (Å²) in [4.78, 5) is 3.26. The van der Waals surface area contributed by atoms with Crippen molar-refractivity contribution in [3.63, 3.8) is 0 Å². The van der Waals surface area contributed by atoms with Crippen molar-refractivity contribution in [1.82, 2.24) is 10.3 Å². The number of nitrogens with one attached hydrogen (secondary N) is 2. The predicted octanol–water partition coefficient (Wildman–Crippen LogP) is 4.50. The summed E-state index contributed by atoms with van der Waals surface area (Å²) in [6.45, 7) is 1.24. The molecule has 24 heavy (non-hydrogen) atoms. The van der Waals surface area contributed by atoms with Gasteiger partial charge in [0.15, 0.2) is 0 Å². The summed E-state index contributed by atoms with van der Waals surface area (Å²) in [6.07, 6.45) is 2.97. The maximum Gasteiger partial charge on any atom is 0.123 e. The van der Waals surface area contributed by atoms with Crippen LogP contribution in [0.25, 0.3) is 10.9 Å². The molecule has 0 spiro atoms. The lowest BCUT2D eigenvalue weighted by molar-refractivity contribution is 0.273. The fourth-order valence-corrected chi connectivity index (χ4v) is 2.89. The van der Waals surface area contributed by atoms with Gasteiger partial charge in [-0.3, -0.25) is 0 Å². The van der Waals surface area contributed by atoms with Gasteiger partial charge in [-0.2, -0.15) is 0 Å². The van der Waals surface area contributed by atoms with Gasteiger partial charge in [0.1, 0.15) is 19.0 Å². The molecule has 1 aromatic heterocycles. The summed E-state index contributed by atoms with van der Waals surface area (Å²) in [5.41, 5.74) is 3.46. The molecule has 0 aliphatic heterocycles. The highest BCUT2D eigenvalue weighted by Crippen LogP contribution is 2.22. The van der Waals surface area contributed by atoms with E-state index in [0.29, 0.717) is 5.75 Å². The Balaban J connectivity index is 1.51. The van der Waals surface area contributed by atoms with E-state index in [0.717, 1.165) is 35.6 Å². The average Bonchev–Trinajstić information content (AvgIpc) is 2.99. The van der Waals surface area contributed by atoms with Crippen LogP contribution in [0, 0.1) is 0 Å². The Bertz CT molecular complexity index is 803. The molecule has 3 rings (SSSR count). The molecule has 2 aromatic carbocycles. The smallest absolute Gasteiger partial charge is 0.123 e. The molecular weight excluding hydrogens is 327 g/mol. The van der Waals surface area contributed by atoms with Gasteiger partial charge >= 0.3 is 0 Å². The number of ether oxygens (including phenoxy) is 1. The SMILES string of the molecule is FCCOc1cccc(CNCCc2c[nH]c3cc(Cl)ccc23)c1. The van der Waals surface area contributed by atoms with E-state index < -0.39 is 6.67 Å². The second-order valence-electron chi connectivity index (χ2n) is 5.62. The zero-order chi connectivity index (χ0) is 16.8. The molecule has 0 bridgehead atoms. The van der Waals surface area contributed by atoms with Crippen LogP contribution in [0.5, 0.6) is 5.75 Å². The monoisotopic (exact) mass is 346 g/mol. The van der Waals surface area contributed by atoms with Crippen LogP contribution in [-0.4, -0.2) is 24.8 Å². The van der Waals surface area contributed by atoms with E-state index in [1.54, 1.807) is 0 Å². The van der Waals surface area contributed by atoms with Gasteiger partial charge in [0.05, 0.1) is 0 Å². The molecule has 0 unspecified atom stereocenters. The van der Waals surface area contributed by atoms with Gasteiger partial charge < -0.3 is 15.0 Å². The molecule has 126 valence electrons. The number of alkyl halides is 1. The summed E-state index contributed by atoms with van der Waals surface area (Å²) in [7, 11) is 0. The van der Waals surface area contributed by atoms with Crippen LogP contribution >= 0.6 is 11.6 Å². The molecule has 0 saturated heterocycles. The minimum Gasteiger partial charge on any atom is -0.491 e. The maximum absolute atomic E-state index is 12.1. The lowest BCUT2D eigenvalue weighted by Gasteiger charge is -2.08. The molecule has 5 heteroatoms. The molecule has 0 amide bonds. The van der Waals surface area contributed by atoms with E-state index in [9.17, 15) is 4.39 Å². The highest BCUT2D eigenvalue weighted by Gasteiger charge is 2.04. The highest BCUT2D eigenvalue weighted by molar-refractivity contribution is 6.31. The van der Waals surface area contributed by atoms with Crippen molar-refractivity contribution in [1.29, 1.82) is 0 Å². The largest absolute Gasteiger partial charge is 0.491 e. The lowest BCUT2D eigenvalue weighted by atomic mass is 10.1. The van der Waals surface area contributed by atoms with Crippen LogP contribution in [0.1, 0.15) is 11.1 Å². The van der Waals surface area contributed by atoms with E-state index in [4.69, 9.17) is 16.3 Å². The Labute approximate surface area is 145 Å². The number of hydrogen-bond donors (Lipinski definition) is 2. The van der Waals surface area contributed by atoms with Crippen LogP contribution < -0.4 is 10.1 Å². The average molecular weight is 347 g/mol. The standard InChI is InChI=1S/C19H20ClFN2O/c20-16-4-5-18-15(13-23-19(18)11-16)6-8-22-12-14-2-1-3-17(10-14)24-9-7-21/h1-5,10-11,13,22-23H,6-9,12H2. The van der Waals surface area contributed by atoms with Gasteiger partial charge in [-0.25, -0.2) is 4.39 Å². The van der Waals surface area contributed by atoms with Crippen molar-refractivity contribution < 1.29 is 9.13 Å². The number of fused-ring (bicyclic) bond motifs is 1. The molecular formula is C19H20ClFN2O. The third kappa shape index (κ3) is 4.28. The Morgan fingerprint density at radius 2 is 2.08 bits per heavy atom. The maximum atomic E-state index is 12.1. The highest BCUT2D eigenvalue weighted by atomic mass is 35.5. The summed E-state index contributed by atoms with van der Waals surface area (Å²) < 4.78 is 17.4. The first-order chi connectivity index (χ1) is 11.8. The van der Waals surface area contributed by atoms with Crippen LogP contribution in [0.4, 0.5) is 4.39 Å². The van der Waals surface area contributed by atoms with Crippen LogP contribution in [0.2, 0.25) is 5.02 Å². The minimum absolute atomic E-state index is 0.0987. The molecule has 3 nitrogen and oxygen atoms in total. The fourth-order valence-electron chi connectivity index (χ4n) is 2.72. The van der Waals surface area contributed by atoms with E-state index in [2.05, 4.69) is 16.4 Å². The molecule has 0 atom stereocenters. The second kappa shape index (κ2) is 8.18. The van der Waals surface area contributed by atoms with Crippen molar-refractivity contribution in [2.75, 3.05) is 19.8 Å². The number of rotatable bonds is 8. The van der Waals surface area contributed by atoms with Gasteiger partial charge in [0, 0.05) is 28.7 Å². The van der Waals surface area contributed by atoms with E-state index in [-0.39, 0.29) is 6.61 Å². The molecule has 2 N–H and O–H groups in total. The fraction of sp³-hybridized carbons (Fsp3) is 0.263. The van der Waals surface area contributed by atoms with Crippen molar-refractivity contribution in [2.45, 2.75) is 13.0 Å². The zero-order valence-electron chi connectivity index (χ0n) is 13.3. The van der Waals surface area contributed by atoms with Crippen LogP contribution in [0.3, 0.4) is 0 Å². The topological polar surface area (TPSA) is 37.0 Å². The lowest BCUT2D eigenvalue weighted by Crippen LogP contribution is -2.16. The Morgan fingerprint density at radius 1 is 1.17 bits per heavy atom. The van der Waals surface area contributed by atoms with Gasteiger partial charge in [0.2, 0.25) is 0 Å². The minimum atomic E-state index is -0.474. The first-order valence-corrected chi connectivity index (χ1v) is 8.38. The summed E-state index contributed by atoms with van der Waals surface area (Å²) >= 11 is 6.00. The first-order valence-electron chi connectivity index (χ1n) is 8.00. The normalized spacial score (nSPS) is 11.1. The molecule has 0 fully saturated rings. The number of aromatic nitrogens is 1. The summed E-state index contributed by atoms with van der Waals surface area (Å²) in [5, 5.41) is 5.38. The van der Waals surface area contributed by atoms with E-state index in [1.165, 1.54) is 10.9 Å². The number of hydrogen-bond acceptors (Lipinski definition) is 2. The first kappa shape index (κ1) is 16.8. The summed E-state index contributed by atoms with van der Waals surface area (Å²) in [5.74, 6) is 0.709. The van der Waals surface area contributed by atoms with E-state index in [1.807, 2.05) is 42.6 Å². The molecule has 0 aliphatic rings. The number of benzene rings is 2. The molecule has 0 aliphatic carbocycles. The Hall–Kier alpha value is -2.04. The third-order valence-corrected chi connectivity index (χ3v) is 4.11. The van der Waals surface area contributed by atoms with Gasteiger partial charge in [-0.1, -0.05) is 29.8 Å². The second-order valence-corrected chi connectivity index (χ2v) is 6.05. The zero-order valence-corrected chi connectivity index (χ0v) is 14.1.